The van der Waals surface area contributed by atoms with E-state index >= 15 is 0 Å². The fourth-order valence-electron chi connectivity index (χ4n) is 2.60. The smallest absolute Gasteiger partial charge is 0.230 e. The van der Waals surface area contributed by atoms with Crippen LogP contribution >= 0.6 is 11.8 Å². The van der Waals surface area contributed by atoms with Gasteiger partial charge in [0, 0.05) is 5.75 Å². The predicted molar refractivity (Wildman–Crippen MR) is 113 cm³/mol. The molecular weight excluding hydrogens is 358 g/mol. The van der Waals surface area contributed by atoms with Gasteiger partial charge in [0.05, 0.1) is 19.4 Å². The van der Waals surface area contributed by atoms with Gasteiger partial charge in [-0.05, 0) is 34.7 Å². The van der Waals surface area contributed by atoms with Crippen molar-refractivity contribution >= 4 is 17.7 Å². The highest BCUT2D eigenvalue weighted by molar-refractivity contribution is 7.99. The molecule has 0 spiro atoms. The summed E-state index contributed by atoms with van der Waals surface area (Å²) < 4.78 is 11.0. The summed E-state index contributed by atoms with van der Waals surface area (Å²) in [5, 5.41) is 2.91. The number of hydrogen-bond donors (Lipinski definition) is 1. The molecule has 5 heteroatoms. The van der Waals surface area contributed by atoms with Gasteiger partial charge in [0.1, 0.15) is 18.1 Å². The first kappa shape index (κ1) is 21.2. The molecule has 1 N–H and O–H groups in total. The number of amides is 1. The summed E-state index contributed by atoms with van der Waals surface area (Å²) in [7, 11) is 1.65. The van der Waals surface area contributed by atoms with E-state index in [2.05, 4.69) is 32.2 Å². The third-order valence-corrected chi connectivity index (χ3v) is 5.04. The third kappa shape index (κ3) is 7.18. The molecule has 0 heterocycles. The van der Waals surface area contributed by atoms with Crippen LogP contribution in [-0.4, -0.2) is 31.9 Å². The Morgan fingerprint density at radius 3 is 2.44 bits per heavy atom. The zero-order valence-corrected chi connectivity index (χ0v) is 17.4. The van der Waals surface area contributed by atoms with Crippen LogP contribution in [0.3, 0.4) is 0 Å². The summed E-state index contributed by atoms with van der Waals surface area (Å²) in [5.74, 6) is 2.99. The standard InChI is InChI=1S/C22H29NO3S/c1-22(2,3)19-7-5-6-8-20(19)26-14-13-23-21(24)16-27-15-17-9-11-18(25-4)12-10-17/h5-12H,13-16H2,1-4H3,(H,23,24). The van der Waals surface area contributed by atoms with Gasteiger partial charge in [-0.1, -0.05) is 51.1 Å². The minimum Gasteiger partial charge on any atom is -0.497 e. The highest BCUT2D eigenvalue weighted by atomic mass is 32.2. The van der Waals surface area contributed by atoms with Crippen molar-refractivity contribution in [1.29, 1.82) is 0 Å². The molecule has 0 aliphatic rings. The minimum atomic E-state index is 0.0257. The molecule has 0 aliphatic carbocycles. The highest BCUT2D eigenvalue weighted by Crippen LogP contribution is 2.30. The largest absolute Gasteiger partial charge is 0.497 e. The zero-order valence-electron chi connectivity index (χ0n) is 16.6. The minimum absolute atomic E-state index is 0.0257. The van der Waals surface area contributed by atoms with Crippen molar-refractivity contribution in [3.05, 3.63) is 59.7 Å². The molecule has 0 radical (unpaired) electrons. The predicted octanol–water partition coefficient (Wildman–Crippen LogP) is 4.42. The number of rotatable bonds is 9. The van der Waals surface area contributed by atoms with Gasteiger partial charge in [-0.15, -0.1) is 11.8 Å². The average Bonchev–Trinajstić information content (AvgIpc) is 2.65. The molecule has 0 fully saturated rings. The number of ether oxygens (including phenoxy) is 2. The van der Waals surface area contributed by atoms with Gasteiger partial charge >= 0.3 is 0 Å². The summed E-state index contributed by atoms with van der Waals surface area (Å²) in [4.78, 5) is 12.0. The Balaban J connectivity index is 1.66. The Morgan fingerprint density at radius 2 is 1.78 bits per heavy atom. The van der Waals surface area contributed by atoms with Gasteiger partial charge in [0.25, 0.3) is 0 Å². The normalized spacial score (nSPS) is 11.1. The van der Waals surface area contributed by atoms with Crippen LogP contribution in [0.4, 0.5) is 0 Å². The molecular formula is C22H29NO3S. The maximum atomic E-state index is 12.0. The van der Waals surface area contributed by atoms with Crippen molar-refractivity contribution in [3.63, 3.8) is 0 Å². The first-order chi connectivity index (χ1) is 12.9. The molecule has 0 saturated carbocycles. The number of benzene rings is 2. The fourth-order valence-corrected chi connectivity index (χ4v) is 3.42. The summed E-state index contributed by atoms with van der Waals surface area (Å²) >= 11 is 1.59. The van der Waals surface area contributed by atoms with Crippen LogP contribution in [0, 0.1) is 0 Å². The van der Waals surface area contributed by atoms with Crippen molar-refractivity contribution in [2.24, 2.45) is 0 Å². The lowest BCUT2D eigenvalue weighted by Crippen LogP contribution is -2.29. The van der Waals surface area contributed by atoms with E-state index in [0.717, 1.165) is 17.3 Å². The van der Waals surface area contributed by atoms with Gasteiger partial charge in [-0.25, -0.2) is 0 Å². The van der Waals surface area contributed by atoms with Gasteiger partial charge in [0.2, 0.25) is 5.91 Å². The zero-order chi connectivity index (χ0) is 19.7. The van der Waals surface area contributed by atoms with Crippen LogP contribution in [-0.2, 0) is 16.0 Å². The average molecular weight is 388 g/mol. The lowest BCUT2D eigenvalue weighted by Gasteiger charge is -2.22. The van der Waals surface area contributed by atoms with Crippen molar-refractivity contribution < 1.29 is 14.3 Å². The van der Waals surface area contributed by atoms with Gasteiger partial charge < -0.3 is 14.8 Å². The van der Waals surface area contributed by atoms with E-state index in [4.69, 9.17) is 9.47 Å². The quantitative estimate of drug-likeness (QED) is 0.647. The molecule has 0 aliphatic heterocycles. The molecule has 0 aromatic heterocycles. The van der Waals surface area contributed by atoms with Gasteiger partial charge in [-0.3, -0.25) is 4.79 Å². The number of thioether (sulfide) groups is 1. The molecule has 0 unspecified atom stereocenters. The third-order valence-electron chi connectivity index (χ3n) is 4.04. The Morgan fingerprint density at radius 1 is 1.07 bits per heavy atom. The summed E-state index contributed by atoms with van der Waals surface area (Å²) in [6.07, 6.45) is 0. The molecule has 4 nitrogen and oxygen atoms in total. The summed E-state index contributed by atoms with van der Waals surface area (Å²) in [5.41, 5.74) is 2.37. The second-order valence-electron chi connectivity index (χ2n) is 7.29. The molecule has 2 rings (SSSR count). The van der Waals surface area contributed by atoms with Crippen LogP contribution < -0.4 is 14.8 Å². The molecule has 27 heavy (non-hydrogen) atoms. The van der Waals surface area contributed by atoms with E-state index in [-0.39, 0.29) is 11.3 Å². The Bertz CT molecular complexity index is 723. The van der Waals surface area contributed by atoms with E-state index in [1.165, 1.54) is 11.1 Å². The number of para-hydroxylation sites is 1. The number of carbonyl (C=O) groups is 1. The Hall–Kier alpha value is -2.14. The molecule has 146 valence electrons. The summed E-state index contributed by atoms with van der Waals surface area (Å²) in [6.45, 7) is 7.45. The molecule has 2 aromatic carbocycles. The van der Waals surface area contributed by atoms with Gasteiger partial charge in [0.15, 0.2) is 0 Å². The van der Waals surface area contributed by atoms with Gasteiger partial charge in [-0.2, -0.15) is 0 Å². The van der Waals surface area contributed by atoms with Crippen molar-refractivity contribution in [2.45, 2.75) is 31.9 Å². The van der Waals surface area contributed by atoms with Crippen LogP contribution in [0.15, 0.2) is 48.5 Å². The molecule has 1 amide bonds. The second-order valence-corrected chi connectivity index (χ2v) is 8.27. The van der Waals surface area contributed by atoms with E-state index in [0.29, 0.717) is 18.9 Å². The number of hydrogen-bond acceptors (Lipinski definition) is 4. The van der Waals surface area contributed by atoms with Crippen LogP contribution in [0.1, 0.15) is 31.9 Å². The van der Waals surface area contributed by atoms with E-state index in [1.807, 2.05) is 42.5 Å². The second kappa shape index (κ2) is 10.3. The fraction of sp³-hybridized carbons (Fsp3) is 0.409. The SMILES string of the molecule is COc1ccc(CSCC(=O)NCCOc2ccccc2C(C)(C)C)cc1. The van der Waals surface area contributed by atoms with Crippen molar-refractivity contribution in [1.82, 2.24) is 5.32 Å². The maximum absolute atomic E-state index is 12.0. The van der Waals surface area contributed by atoms with Crippen molar-refractivity contribution in [3.8, 4) is 11.5 Å². The maximum Gasteiger partial charge on any atom is 0.230 e. The lowest BCUT2D eigenvalue weighted by atomic mass is 9.86. The van der Waals surface area contributed by atoms with E-state index in [9.17, 15) is 4.79 Å². The van der Waals surface area contributed by atoms with Crippen molar-refractivity contribution in [2.75, 3.05) is 26.0 Å². The van der Waals surface area contributed by atoms with Crippen LogP contribution in [0.25, 0.3) is 0 Å². The Kier molecular flexibility index (Phi) is 8.04. The molecule has 0 atom stereocenters. The number of nitrogens with one attached hydrogen (secondary N) is 1. The number of methoxy groups -OCH3 is 1. The molecule has 2 aromatic rings. The first-order valence-corrected chi connectivity index (χ1v) is 10.3. The summed E-state index contributed by atoms with van der Waals surface area (Å²) in [6, 6.07) is 16.0. The topological polar surface area (TPSA) is 47.6 Å². The highest BCUT2D eigenvalue weighted by Gasteiger charge is 2.18. The first-order valence-electron chi connectivity index (χ1n) is 9.10. The molecule has 0 saturated heterocycles. The van der Waals surface area contributed by atoms with E-state index in [1.54, 1.807) is 18.9 Å². The lowest BCUT2D eigenvalue weighted by molar-refractivity contribution is -0.118. The monoisotopic (exact) mass is 387 g/mol. The van der Waals surface area contributed by atoms with Crippen LogP contribution in [0.5, 0.6) is 11.5 Å². The number of carbonyl (C=O) groups excluding carboxylic acids is 1. The molecule has 0 bridgehead atoms. The van der Waals surface area contributed by atoms with E-state index < -0.39 is 0 Å². The van der Waals surface area contributed by atoms with Crippen LogP contribution in [0.2, 0.25) is 0 Å². The Labute approximate surface area is 166 Å².